The molecular weight excluding hydrogens is 320 g/mol. The van der Waals surface area contributed by atoms with Crippen LogP contribution in [0.2, 0.25) is 0 Å². The predicted molar refractivity (Wildman–Crippen MR) is 106 cm³/mol. The van der Waals surface area contributed by atoms with E-state index < -0.39 is 0 Å². The minimum atomic E-state index is 0.254. The number of hydrogen-bond donors (Lipinski definition) is 0. The predicted octanol–water partition coefficient (Wildman–Crippen LogP) is 4.08. The van der Waals surface area contributed by atoms with Crippen molar-refractivity contribution in [2.75, 3.05) is 26.2 Å². The largest absolute Gasteiger partial charge is 0.342 e. The van der Waals surface area contributed by atoms with E-state index in [2.05, 4.69) is 41.0 Å². The standard InChI is InChI=1S/C23H34N2O/c1-17-5-4-13-24(17)14-12-19-8-10-20(11-9-19)22-7-3-6-21-15-25(18(2)26)16-23(21)22/h8-11,17,21-23H,3-7,12-16H2,1-2H3. The van der Waals surface area contributed by atoms with E-state index in [1.807, 2.05) is 0 Å². The summed E-state index contributed by atoms with van der Waals surface area (Å²) in [4.78, 5) is 16.5. The van der Waals surface area contributed by atoms with E-state index in [1.54, 1.807) is 6.92 Å². The summed E-state index contributed by atoms with van der Waals surface area (Å²) in [7, 11) is 0. The van der Waals surface area contributed by atoms with Crippen LogP contribution in [0.1, 0.15) is 63.0 Å². The first kappa shape index (κ1) is 18.0. The summed E-state index contributed by atoms with van der Waals surface area (Å²) in [5.74, 6) is 2.29. The summed E-state index contributed by atoms with van der Waals surface area (Å²) < 4.78 is 0. The van der Waals surface area contributed by atoms with Crippen molar-refractivity contribution in [2.45, 2.75) is 64.3 Å². The van der Waals surface area contributed by atoms with Crippen molar-refractivity contribution in [3.63, 3.8) is 0 Å². The van der Waals surface area contributed by atoms with Crippen LogP contribution >= 0.6 is 0 Å². The molecule has 1 aliphatic carbocycles. The van der Waals surface area contributed by atoms with Crippen LogP contribution in [-0.2, 0) is 11.2 Å². The Morgan fingerprint density at radius 3 is 2.58 bits per heavy atom. The Labute approximate surface area is 158 Å². The molecule has 2 aliphatic heterocycles. The van der Waals surface area contributed by atoms with Crippen LogP contribution in [0.5, 0.6) is 0 Å². The van der Waals surface area contributed by atoms with Crippen molar-refractivity contribution in [3.05, 3.63) is 35.4 Å². The minimum Gasteiger partial charge on any atom is -0.342 e. The summed E-state index contributed by atoms with van der Waals surface area (Å²) in [5, 5.41) is 0. The number of nitrogens with zero attached hydrogens (tertiary/aromatic N) is 2. The van der Waals surface area contributed by atoms with Gasteiger partial charge in [0.05, 0.1) is 0 Å². The molecule has 0 N–H and O–H groups in total. The maximum absolute atomic E-state index is 11.8. The van der Waals surface area contributed by atoms with Gasteiger partial charge in [-0.25, -0.2) is 0 Å². The Hall–Kier alpha value is -1.35. The Kier molecular flexibility index (Phi) is 5.35. The normalized spacial score (nSPS) is 32.0. The SMILES string of the molecule is CC(=O)N1CC2CCCC(c3ccc(CCN4CCCC4C)cc3)C2C1. The van der Waals surface area contributed by atoms with E-state index in [0.29, 0.717) is 17.8 Å². The molecule has 1 saturated carbocycles. The van der Waals surface area contributed by atoms with Gasteiger partial charge >= 0.3 is 0 Å². The average molecular weight is 355 g/mol. The first-order valence-electron chi connectivity index (χ1n) is 10.7. The maximum atomic E-state index is 11.8. The van der Waals surface area contributed by atoms with Crippen LogP contribution in [-0.4, -0.2) is 47.9 Å². The molecular formula is C23H34N2O. The number of carbonyl (C=O) groups excluding carboxylic acids is 1. The number of benzene rings is 1. The Bertz CT molecular complexity index is 626. The lowest BCUT2D eigenvalue weighted by molar-refractivity contribution is -0.128. The van der Waals surface area contributed by atoms with E-state index in [-0.39, 0.29) is 5.91 Å². The van der Waals surface area contributed by atoms with Crippen molar-refractivity contribution >= 4 is 5.91 Å². The quantitative estimate of drug-likeness (QED) is 0.813. The number of hydrogen-bond acceptors (Lipinski definition) is 2. The maximum Gasteiger partial charge on any atom is 0.219 e. The molecule has 0 bridgehead atoms. The second-order valence-corrected chi connectivity index (χ2v) is 8.90. The molecule has 1 aromatic rings. The van der Waals surface area contributed by atoms with E-state index >= 15 is 0 Å². The van der Waals surface area contributed by atoms with Gasteiger partial charge in [0, 0.05) is 32.6 Å². The van der Waals surface area contributed by atoms with Crippen LogP contribution in [0, 0.1) is 11.8 Å². The highest BCUT2D eigenvalue weighted by Gasteiger charge is 2.41. The highest BCUT2D eigenvalue weighted by Crippen LogP contribution is 2.45. The van der Waals surface area contributed by atoms with E-state index in [9.17, 15) is 4.79 Å². The van der Waals surface area contributed by atoms with Gasteiger partial charge in [-0.2, -0.15) is 0 Å². The van der Waals surface area contributed by atoms with Crippen molar-refractivity contribution in [1.29, 1.82) is 0 Å². The molecule has 1 amide bonds. The zero-order valence-electron chi connectivity index (χ0n) is 16.5. The van der Waals surface area contributed by atoms with Gasteiger partial charge in [-0.05, 0) is 74.5 Å². The van der Waals surface area contributed by atoms with E-state index in [1.165, 1.54) is 62.7 Å². The van der Waals surface area contributed by atoms with Crippen LogP contribution in [0.3, 0.4) is 0 Å². The molecule has 3 fully saturated rings. The van der Waals surface area contributed by atoms with Gasteiger partial charge in [0.15, 0.2) is 0 Å². The highest BCUT2D eigenvalue weighted by molar-refractivity contribution is 5.73. The van der Waals surface area contributed by atoms with Gasteiger partial charge < -0.3 is 9.80 Å². The number of likely N-dealkylation sites (tertiary alicyclic amines) is 2. The molecule has 1 aromatic carbocycles. The van der Waals surface area contributed by atoms with Gasteiger partial charge in [0.25, 0.3) is 0 Å². The van der Waals surface area contributed by atoms with Crippen molar-refractivity contribution in [2.24, 2.45) is 11.8 Å². The fourth-order valence-corrected chi connectivity index (χ4v) is 5.67. The Morgan fingerprint density at radius 1 is 1.08 bits per heavy atom. The lowest BCUT2D eigenvalue weighted by Crippen LogP contribution is -2.29. The van der Waals surface area contributed by atoms with Gasteiger partial charge in [-0.3, -0.25) is 4.79 Å². The first-order valence-corrected chi connectivity index (χ1v) is 10.7. The zero-order valence-corrected chi connectivity index (χ0v) is 16.5. The second kappa shape index (κ2) is 7.72. The third kappa shape index (κ3) is 3.69. The summed E-state index contributed by atoms with van der Waals surface area (Å²) >= 11 is 0. The molecule has 3 heteroatoms. The number of carbonyl (C=O) groups is 1. The highest BCUT2D eigenvalue weighted by atomic mass is 16.2. The van der Waals surface area contributed by atoms with Gasteiger partial charge in [0.1, 0.15) is 0 Å². The third-order valence-corrected chi connectivity index (χ3v) is 7.33. The van der Waals surface area contributed by atoms with Gasteiger partial charge in [-0.15, -0.1) is 0 Å². The molecule has 4 unspecified atom stereocenters. The van der Waals surface area contributed by atoms with Crippen LogP contribution in [0.25, 0.3) is 0 Å². The molecule has 4 atom stereocenters. The molecule has 2 heterocycles. The molecule has 142 valence electrons. The molecule has 0 aromatic heterocycles. The van der Waals surface area contributed by atoms with Crippen molar-refractivity contribution in [3.8, 4) is 0 Å². The average Bonchev–Trinajstić information content (AvgIpc) is 3.26. The first-order chi connectivity index (χ1) is 12.6. The molecule has 3 nitrogen and oxygen atoms in total. The molecule has 26 heavy (non-hydrogen) atoms. The monoisotopic (exact) mass is 354 g/mol. The van der Waals surface area contributed by atoms with Gasteiger partial charge in [-0.1, -0.05) is 30.7 Å². The van der Waals surface area contributed by atoms with Crippen molar-refractivity contribution < 1.29 is 4.79 Å². The molecule has 4 rings (SSSR count). The summed E-state index contributed by atoms with van der Waals surface area (Å²) in [5.41, 5.74) is 2.97. The summed E-state index contributed by atoms with van der Waals surface area (Å²) in [6.07, 6.45) is 7.79. The zero-order chi connectivity index (χ0) is 18.1. The number of fused-ring (bicyclic) bond motifs is 1. The summed E-state index contributed by atoms with van der Waals surface area (Å²) in [6.45, 7) is 8.52. The van der Waals surface area contributed by atoms with Crippen LogP contribution < -0.4 is 0 Å². The molecule has 0 radical (unpaired) electrons. The van der Waals surface area contributed by atoms with Crippen LogP contribution in [0.4, 0.5) is 0 Å². The smallest absolute Gasteiger partial charge is 0.219 e. The Morgan fingerprint density at radius 2 is 1.88 bits per heavy atom. The molecule has 2 saturated heterocycles. The fourth-order valence-electron chi connectivity index (χ4n) is 5.67. The van der Waals surface area contributed by atoms with Gasteiger partial charge in [0.2, 0.25) is 5.91 Å². The molecule has 3 aliphatic rings. The van der Waals surface area contributed by atoms with Crippen molar-refractivity contribution in [1.82, 2.24) is 9.80 Å². The fraction of sp³-hybridized carbons (Fsp3) is 0.696. The number of amides is 1. The molecule has 0 spiro atoms. The number of rotatable bonds is 4. The van der Waals surface area contributed by atoms with Crippen LogP contribution in [0.15, 0.2) is 24.3 Å². The lowest BCUT2D eigenvalue weighted by atomic mass is 9.71. The Balaban J connectivity index is 1.39. The summed E-state index contributed by atoms with van der Waals surface area (Å²) in [6, 6.07) is 10.2. The van der Waals surface area contributed by atoms with E-state index in [0.717, 1.165) is 19.1 Å². The minimum absolute atomic E-state index is 0.254. The topological polar surface area (TPSA) is 23.6 Å². The lowest BCUT2D eigenvalue weighted by Gasteiger charge is -2.33. The third-order valence-electron chi connectivity index (χ3n) is 7.33. The van der Waals surface area contributed by atoms with E-state index in [4.69, 9.17) is 0 Å². The second-order valence-electron chi connectivity index (χ2n) is 8.90.